The van der Waals surface area contributed by atoms with Crippen molar-refractivity contribution >= 4 is 34.3 Å². The molecule has 0 atom stereocenters. The lowest BCUT2D eigenvalue weighted by atomic mass is 10.2. The van der Waals surface area contributed by atoms with Crippen molar-refractivity contribution in [3.63, 3.8) is 0 Å². The zero-order valence-electron chi connectivity index (χ0n) is 11.4. The quantitative estimate of drug-likeness (QED) is 0.731. The van der Waals surface area contributed by atoms with E-state index >= 15 is 0 Å². The van der Waals surface area contributed by atoms with E-state index in [0.29, 0.717) is 22.2 Å². The van der Waals surface area contributed by atoms with Crippen LogP contribution in [-0.4, -0.2) is 31.3 Å². The van der Waals surface area contributed by atoms with Gasteiger partial charge in [-0.2, -0.15) is 0 Å². The Balaban J connectivity index is 1.84. The summed E-state index contributed by atoms with van der Waals surface area (Å²) in [5, 5.41) is 19.6. The molecule has 9 heteroatoms. The van der Waals surface area contributed by atoms with Gasteiger partial charge in [0.15, 0.2) is 5.58 Å². The normalized spacial score (nSPS) is 11.0. The van der Waals surface area contributed by atoms with Crippen LogP contribution < -0.4 is 5.32 Å². The van der Waals surface area contributed by atoms with E-state index < -0.39 is 0 Å². The van der Waals surface area contributed by atoms with Crippen molar-refractivity contribution in [2.75, 3.05) is 5.32 Å². The third-order valence-electron chi connectivity index (χ3n) is 2.78. The number of nitrogens with one attached hydrogen (secondary N) is 1. The molecule has 0 fully saturated rings. The molecule has 3 aromatic rings. The number of tetrazole rings is 1. The molecule has 0 aliphatic carbocycles. The van der Waals surface area contributed by atoms with Gasteiger partial charge in [-0.05, 0) is 28.6 Å². The van der Waals surface area contributed by atoms with Crippen LogP contribution >= 0.6 is 11.8 Å². The van der Waals surface area contributed by atoms with E-state index in [1.165, 1.54) is 18.7 Å². The number of aryl methyl sites for hydroxylation is 1. The second-order valence-corrected chi connectivity index (χ2v) is 5.34. The van der Waals surface area contributed by atoms with E-state index in [4.69, 9.17) is 4.52 Å². The summed E-state index contributed by atoms with van der Waals surface area (Å²) >= 11 is 1.46. The molecule has 0 aliphatic rings. The number of nitrogens with zero attached hydrogens (tertiary/aromatic N) is 5. The number of hydrogen-bond donors (Lipinski definition) is 1. The first-order valence-corrected chi connectivity index (χ1v) is 7.13. The maximum Gasteiger partial charge on any atom is 0.221 e. The van der Waals surface area contributed by atoms with Crippen molar-refractivity contribution in [1.29, 1.82) is 0 Å². The maximum atomic E-state index is 11.1. The van der Waals surface area contributed by atoms with Crippen molar-refractivity contribution in [2.24, 2.45) is 7.05 Å². The van der Waals surface area contributed by atoms with Crippen molar-refractivity contribution < 1.29 is 9.32 Å². The number of aromatic nitrogens is 5. The van der Waals surface area contributed by atoms with Crippen LogP contribution in [0.3, 0.4) is 0 Å². The summed E-state index contributed by atoms with van der Waals surface area (Å²) in [6.45, 7) is 1.47. The number of amides is 1. The summed E-state index contributed by atoms with van der Waals surface area (Å²) in [6, 6.07) is 5.40. The second-order valence-electron chi connectivity index (χ2n) is 4.40. The summed E-state index contributed by atoms with van der Waals surface area (Å²) in [6.07, 6.45) is 0. The van der Waals surface area contributed by atoms with Gasteiger partial charge in [0, 0.05) is 30.8 Å². The van der Waals surface area contributed by atoms with E-state index in [-0.39, 0.29) is 5.91 Å². The molecular formula is C12H12N6O2S. The fraction of sp³-hybridized carbons (Fsp3) is 0.250. The topological polar surface area (TPSA) is 98.7 Å². The lowest BCUT2D eigenvalue weighted by Gasteiger charge is -2.01. The Morgan fingerprint density at radius 2 is 2.33 bits per heavy atom. The van der Waals surface area contributed by atoms with Crippen molar-refractivity contribution in [2.45, 2.75) is 17.8 Å². The van der Waals surface area contributed by atoms with E-state index in [1.807, 2.05) is 6.07 Å². The number of rotatable bonds is 4. The minimum Gasteiger partial charge on any atom is -0.356 e. The molecule has 8 nitrogen and oxygen atoms in total. The fourth-order valence-corrected chi connectivity index (χ4v) is 2.64. The summed E-state index contributed by atoms with van der Waals surface area (Å²) in [5.41, 5.74) is 2.17. The Bertz CT molecular complexity index is 796. The molecule has 3 rings (SSSR count). The molecular weight excluding hydrogens is 292 g/mol. The third kappa shape index (κ3) is 2.87. The molecule has 0 spiro atoms. The van der Waals surface area contributed by atoms with Gasteiger partial charge >= 0.3 is 0 Å². The monoisotopic (exact) mass is 304 g/mol. The predicted octanol–water partition coefficient (Wildman–Crippen LogP) is 1.60. The molecule has 21 heavy (non-hydrogen) atoms. The standard InChI is InChI=1S/C12H12N6O2S/c1-7(19)13-8-3-4-11-9(5-8)10(15-20-11)6-21-12-14-16-17-18(12)2/h3-5H,6H2,1-2H3,(H,13,19). The van der Waals surface area contributed by atoms with Gasteiger partial charge in [0.1, 0.15) is 5.69 Å². The predicted molar refractivity (Wildman–Crippen MR) is 76.7 cm³/mol. The smallest absolute Gasteiger partial charge is 0.221 e. The second kappa shape index (κ2) is 5.52. The van der Waals surface area contributed by atoms with Gasteiger partial charge in [0.2, 0.25) is 11.1 Å². The highest BCUT2D eigenvalue weighted by Gasteiger charge is 2.12. The number of fused-ring (bicyclic) bond motifs is 1. The zero-order chi connectivity index (χ0) is 14.8. The molecule has 1 aromatic carbocycles. The Morgan fingerprint density at radius 1 is 1.48 bits per heavy atom. The SMILES string of the molecule is CC(=O)Nc1ccc2onc(CSc3nnnn3C)c2c1. The number of anilines is 1. The summed E-state index contributed by atoms with van der Waals surface area (Å²) in [4.78, 5) is 11.1. The maximum absolute atomic E-state index is 11.1. The highest BCUT2D eigenvalue weighted by Crippen LogP contribution is 2.27. The van der Waals surface area contributed by atoms with Crippen LogP contribution in [0.1, 0.15) is 12.6 Å². The van der Waals surface area contributed by atoms with Gasteiger partial charge in [-0.1, -0.05) is 16.9 Å². The van der Waals surface area contributed by atoms with Crippen LogP contribution in [-0.2, 0) is 17.6 Å². The average molecular weight is 304 g/mol. The zero-order valence-corrected chi connectivity index (χ0v) is 12.2. The first kappa shape index (κ1) is 13.6. The number of carbonyl (C=O) groups excluding carboxylic acids is 1. The number of carbonyl (C=O) groups is 1. The Hall–Kier alpha value is -2.42. The molecule has 1 N–H and O–H groups in total. The van der Waals surface area contributed by atoms with E-state index in [1.54, 1.807) is 23.9 Å². The van der Waals surface area contributed by atoms with Gasteiger partial charge in [0.05, 0.1) is 0 Å². The van der Waals surface area contributed by atoms with Gasteiger partial charge in [0.25, 0.3) is 0 Å². The fourth-order valence-electron chi connectivity index (χ4n) is 1.85. The van der Waals surface area contributed by atoms with E-state index in [9.17, 15) is 4.79 Å². The highest BCUT2D eigenvalue weighted by molar-refractivity contribution is 7.98. The molecule has 108 valence electrons. The van der Waals surface area contributed by atoms with Gasteiger partial charge in [-0.15, -0.1) is 5.10 Å². The van der Waals surface area contributed by atoms with Crippen LogP contribution in [0.5, 0.6) is 0 Å². The molecule has 0 saturated heterocycles. The van der Waals surface area contributed by atoms with Crippen LogP contribution in [0, 0.1) is 0 Å². The molecule has 1 amide bonds. The molecule has 0 saturated carbocycles. The molecule has 0 unspecified atom stereocenters. The third-order valence-corrected chi connectivity index (χ3v) is 3.81. The molecule has 0 bridgehead atoms. The van der Waals surface area contributed by atoms with E-state index in [2.05, 4.69) is 26.0 Å². The molecule has 0 aliphatic heterocycles. The summed E-state index contributed by atoms with van der Waals surface area (Å²) in [7, 11) is 1.78. The van der Waals surface area contributed by atoms with Crippen molar-refractivity contribution in [3.8, 4) is 0 Å². The van der Waals surface area contributed by atoms with Crippen LogP contribution in [0.15, 0.2) is 27.9 Å². The Labute approximate surface area is 123 Å². The first-order chi connectivity index (χ1) is 10.1. The van der Waals surface area contributed by atoms with Crippen molar-refractivity contribution in [3.05, 3.63) is 23.9 Å². The van der Waals surface area contributed by atoms with Gasteiger partial charge < -0.3 is 9.84 Å². The minimum atomic E-state index is -0.119. The molecule has 2 heterocycles. The molecule has 2 aromatic heterocycles. The van der Waals surface area contributed by atoms with Crippen LogP contribution in [0.25, 0.3) is 11.0 Å². The number of benzene rings is 1. The Kier molecular flexibility index (Phi) is 3.57. The number of hydrogen-bond acceptors (Lipinski definition) is 7. The van der Waals surface area contributed by atoms with Crippen molar-refractivity contribution in [1.82, 2.24) is 25.4 Å². The lowest BCUT2D eigenvalue weighted by Crippen LogP contribution is -2.05. The average Bonchev–Trinajstić information content (AvgIpc) is 3.02. The van der Waals surface area contributed by atoms with E-state index in [0.717, 1.165) is 11.1 Å². The molecule has 0 radical (unpaired) electrons. The minimum absolute atomic E-state index is 0.119. The highest BCUT2D eigenvalue weighted by atomic mass is 32.2. The summed E-state index contributed by atoms with van der Waals surface area (Å²) in [5.74, 6) is 0.456. The van der Waals surface area contributed by atoms with Gasteiger partial charge in [-0.3, -0.25) is 4.79 Å². The number of thioether (sulfide) groups is 1. The largest absolute Gasteiger partial charge is 0.356 e. The van der Waals surface area contributed by atoms with Gasteiger partial charge in [-0.25, -0.2) is 4.68 Å². The van der Waals surface area contributed by atoms with Crippen LogP contribution in [0.2, 0.25) is 0 Å². The van der Waals surface area contributed by atoms with Crippen LogP contribution in [0.4, 0.5) is 5.69 Å². The summed E-state index contributed by atoms with van der Waals surface area (Å²) < 4.78 is 6.87. The Morgan fingerprint density at radius 3 is 3.05 bits per heavy atom. The first-order valence-electron chi connectivity index (χ1n) is 6.14. The lowest BCUT2D eigenvalue weighted by molar-refractivity contribution is -0.114.